The number of hydrogen-bond acceptors (Lipinski definition) is 5. The van der Waals surface area contributed by atoms with Crippen LogP contribution in [0.15, 0.2) is 51.6 Å². The lowest BCUT2D eigenvalue weighted by Gasteiger charge is -2.16. The number of benzene rings is 1. The first-order valence-electron chi connectivity index (χ1n) is 8.21. The van der Waals surface area contributed by atoms with Crippen molar-refractivity contribution in [2.75, 3.05) is 6.54 Å². The first-order chi connectivity index (χ1) is 12.9. The van der Waals surface area contributed by atoms with Crippen molar-refractivity contribution < 1.29 is 26.9 Å². The van der Waals surface area contributed by atoms with Gasteiger partial charge in [0.25, 0.3) is 5.89 Å². The number of hydrogen-bond donors (Lipinski definition) is 0. The lowest BCUT2D eigenvalue weighted by Crippen LogP contribution is -2.24. The molecule has 1 fully saturated rings. The molecular weight excluding hydrogens is 363 g/mol. The number of aromatic nitrogens is 2. The van der Waals surface area contributed by atoms with Crippen molar-refractivity contribution in [1.82, 2.24) is 15.0 Å². The molecule has 0 radical (unpaired) electrons. The average Bonchev–Trinajstić information content (AvgIpc) is 3.35. The Bertz CT molecular complexity index is 933. The van der Waals surface area contributed by atoms with E-state index in [2.05, 4.69) is 10.1 Å². The Balaban J connectivity index is 1.43. The molecule has 1 aromatic carbocycles. The summed E-state index contributed by atoms with van der Waals surface area (Å²) in [6.45, 7) is 0.605. The summed E-state index contributed by atoms with van der Waals surface area (Å²) in [5.74, 6) is 0.747. The van der Waals surface area contributed by atoms with Gasteiger partial charge < -0.3 is 13.8 Å². The summed E-state index contributed by atoms with van der Waals surface area (Å²) in [5, 5.41) is 3.92. The van der Waals surface area contributed by atoms with E-state index in [1.807, 2.05) is 0 Å². The zero-order chi connectivity index (χ0) is 19.0. The largest absolute Gasteiger partial charge is 0.459 e. The minimum Gasteiger partial charge on any atom is -0.459 e. The topological polar surface area (TPSA) is 72.4 Å². The quantitative estimate of drug-likeness (QED) is 0.690. The molecular formula is C18H14F3N3O3. The third-order valence-electron chi connectivity index (χ3n) is 4.41. The number of rotatable bonds is 4. The summed E-state index contributed by atoms with van der Waals surface area (Å²) in [7, 11) is 0. The average molecular weight is 377 g/mol. The second-order valence-electron chi connectivity index (χ2n) is 6.31. The highest BCUT2D eigenvalue weighted by Gasteiger charge is 2.34. The van der Waals surface area contributed by atoms with E-state index in [1.54, 1.807) is 17.0 Å². The SMILES string of the molecule is O=C1CC(c2noc(-c3ccco3)n2)CN1Cc1ccc(C(F)(F)F)cc1. The Morgan fingerprint density at radius 3 is 2.63 bits per heavy atom. The first-order valence-corrected chi connectivity index (χ1v) is 8.21. The van der Waals surface area contributed by atoms with Crippen LogP contribution in [-0.2, 0) is 17.5 Å². The van der Waals surface area contributed by atoms with Gasteiger partial charge in [0.1, 0.15) is 0 Å². The van der Waals surface area contributed by atoms with Gasteiger partial charge in [0.15, 0.2) is 11.6 Å². The molecule has 1 aliphatic heterocycles. The zero-order valence-electron chi connectivity index (χ0n) is 13.9. The predicted octanol–water partition coefficient (Wildman–Crippen LogP) is 3.86. The van der Waals surface area contributed by atoms with Crippen LogP contribution in [-0.4, -0.2) is 27.5 Å². The number of carbonyl (C=O) groups excluding carboxylic acids is 1. The van der Waals surface area contributed by atoms with Crippen molar-refractivity contribution >= 4 is 5.91 Å². The van der Waals surface area contributed by atoms with Crippen LogP contribution >= 0.6 is 0 Å². The van der Waals surface area contributed by atoms with Crippen molar-refractivity contribution in [2.45, 2.75) is 25.1 Å². The molecule has 0 N–H and O–H groups in total. The van der Waals surface area contributed by atoms with Gasteiger partial charge in [-0.3, -0.25) is 4.79 Å². The molecule has 0 spiro atoms. The Kier molecular flexibility index (Phi) is 4.21. The van der Waals surface area contributed by atoms with E-state index in [0.717, 1.165) is 12.1 Å². The lowest BCUT2D eigenvalue weighted by molar-refractivity contribution is -0.137. The van der Waals surface area contributed by atoms with Crippen LogP contribution in [0.1, 0.15) is 29.3 Å². The standard InChI is InChI=1S/C18H14F3N3O3/c19-18(20,21)13-5-3-11(4-6-13)9-24-10-12(8-15(24)25)16-22-17(27-23-16)14-2-1-7-26-14/h1-7,12H,8-10H2. The highest BCUT2D eigenvalue weighted by molar-refractivity contribution is 5.79. The summed E-state index contributed by atoms with van der Waals surface area (Å²) in [5.41, 5.74) is -0.0875. The first kappa shape index (κ1) is 17.3. The fraction of sp³-hybridized carbons (Fsp3) is 0.278. The summed E-state index contributed by atoms with van der Waals surface area (Å²) >= 11 is 0. The number of carbonyl (C=O) groups is 1. The number of halogens is 3. The van der Waals surface area contributed by atoms with Crippen LogP contribution < -0.4 is 0 Å². The maximum atomic E-state index is 12.6. The van der Waals surface area contributed by atoms with Crippen LogP contribution in [0.2, 0.25) is 0 Å². The summed E-state index contributed by atoms with van der Waals surface area (Å²) < 4.78 is 48.3. The third kappa shape index (κ3) is 3.57. The van der Waals surface area contributed by atoms with E-state index in [4.69, 9.17) is 8.94 Å². The molecule has 140 valence electrons. The maximum Gasteiger partial charge on any atom is 0.416 e. The smallest absolute Gasteiger partial charge is 0.416 e. The van der Waals surface area contributed by atoms with Crippen LogP contribution in [0.3, 0.4) is 0 Å². The molecule has 3 aromatic rings. The molecule has 27 heavy (non-hydrogen) atoms. The van der Waals surface area contributed by atoms with Crippen molar-refractivity contribution in [3.8, 4) is 11.7 Å². The van der Waals surface area contributed by atoms with Crippen molar-refractivity contribution in [3.63, 3.8) is 0 Å². The minimum absolute atomic E-state index is 0.107. The number of nitrogens with zero attached hydrogens (tertiary/aromatic N) is 3. The van der Waals surface area contributed by atoms with Crippen molar-refractivity contribution in [3.05, 3.63) is 59.6 Å². The zero-order valence-corrected chi connectivity index (χ0v) is 13.9. The van der Waals surface area contributed by atoms with Crippen LogP contribution in [0.5, 0.6) is 0 Å². The third-order valence-corrected chi connectivity index (χ3v) is 4.41. The Labute approximate surface area is 151 Å². The monoisotopic (exact) mass is 377 g/mol. The molecule has 1 atom stereocenters. The maximum absolute atomic E-state index is 12.6. The van der Waals surface area contributed by atoms with Gasteiger partial charge in [-0.25, -0.2) is 0 Å². The van der Waals surface area contributed by atoms with Gasteiger partial charge in [0.05, 0.1) is 11.8 Å². The highest BCUT2D eigenvalue weighted by Crippen LogP contribution is 2.31. The molecule has 1 unspecified atom stereocenters. The van der Waals surface area contributed by atoms with Crippen LogP contribution in [0, 0.1) is 0 Å². The molecule has 1 amide bonds. The Morgan fingerprint density at radius 2 is 1.96 bits per heavy atom. The molecule has 9 heteroatoms. The number of furan rings is 1. The van der Waals surface area contributed by atoms with Crippen LogP contribution in [0.4, 0.5) is 13.2 Å². The Morgan fingerprint density at radius 1 is 1.19 bits per heavy atom. The van der Waals surface area contributed by atoms with E-state index in [-0.39, 0.29) is 30.7 Å². The molecule has 0 aliphatic carbocycles. The van der Waals surface area contributed by atoms with Crippen molar-refractivity contribution in [2.24, 2.45) is 0 Å². The van der Waals surface area contributed by atoms with Crippen LogP contribution in [0.25, 0.3) is 11.7 Å². The van der Waals surface area contributed by atoms with E-state index >= 15 is 0 Å². The predicted molar refractivity (Wildman–Crippen MR) is 86.2 cm³/mol. The van der Waals surface area contributed by atoms with Gasteiger partial charge in [-0.05, 0) is 29.8 Å². The molecule has 4 rings (SSSR count). The van der Waals surface area contributed by atoms with Gasteiger partial charge in [-0.15, -0.1) is 0 Å². The van der Waals surface area contributed by atoms with Crippen molar-refractivity contribution in [1.29, 1.82) is 0 Å². The van der Waals surface area contributed by atoms with E-state index in [0.29, 0.717) is 23.7 Å². The molecule has 0 saturated carbocycles. The molecule has 0 bridgehead atoms. The fourth-order valence-electron chi connectivity index (χ4n) is 3.02. The van der Waals surface area contributed by atoms with Gasteiger partial charge in [-0.1, -0.05) is 17.3 Å². The van der Waals surface area contributed by atoms with E-state index in [1.165, 1.54) is 18.4 Å². The van der Waals surface area contributed by atoms with E-state index in [9.17, 15) is 18.0 Å². The molecule has 2 aromatic heterocycles. The second kappa shape index (κ2) is 6.57. The highest BCUT2D eigenvalue weighted by atomic mass is 19.4. The van der Waals surface area contributed by atoms with Gasteiger partial charge in [0.2, 0.25) is 5.91 Å². The molecule has 3 heterocycles. The number of alkyl halides is 3. The summed E-state index contributed by atoms with van der Waals surface area (Å²) in [4.78, 5) is 18.1. The minimum atomic E-state index is -4.38. The second-order valence-corrected chi connectivity index (χ2v) is 6.31. The number of likely N-dealkylation sites (tertiary alicyclic amines) is 1. The van der Waals surface area contributed by atoms with Gasteiger partial charge in [0, 0.05) is 25.4 Å². The summed E-state index contributed by atoms with van der Waals surface area (Å²) in [6.07, 6.45) is -2.67. The number of amides is 1. The molecule has 6 nitrogen and oxygen atoms in total. The van der Waals surface area contributed by atoms with E-state index < -0.39 is 11.7 Å². The normalized spacial score (nSPS) is 17.7. The lowest BCUT2D eigenvalue weighted by atomic mass is 10.1. The van der Waals surface area contributed by atoms with Gasteiger partial charge >= 0.3 is 6.18 Å². The van der Waals surface area contributed by atoms with Gasteiger partial charge in [-0.2, -0.15) is 18.2 Å². The summed E-state index contributed by atoms with van der Waals surface area (Å²) in [6, 6.07) is 8.18. The Hall–Kier alpha value is -3.10. The fourth-order valence-corrected chi connectivity index (χ4v) is 3.02. The molecule has 1 saturated heterocycles. The molecule has 1 aliphatic rings.